The van der Waals surface area contributed by atoms with Crippen LogP contribution in [0.1, 0.15) is 318 Å². The Bertz CT molecular complexity index is 1800. The van der Waals surface area contributed by atoms with Crippen LogP contribution in [0.3, 0.4) is 0 Å². The minimum Gasteiger partial charge on any atom is -0.462 e. The second-order valence-electron chi connectivity index (χ2n) is 24.6. The number of ether oxygens (including phenoxy) is 4. The fourth-order valence-electron chi connectivity index (χ4n) is 9.67. The van der Waals surface area contributed by atoms with E-state index in [0.717, 1.165) is 115 Å². The number of allylic oxidation sites excluding steroid dienone is 4. The van der Waals surface area contributed by atoms with Gasteiger partial charge in [0.15, 0.2) is 12.2 Å². The average molecular weight is 1280 g/mol. The number of phosphoric ester groups is 2. The summed E-state index contributed by atoms with van der Waals surface area (Å²) in [6.07, 6.45) is 46.7. The second kappa shape index (κ2) is 59.8. The normalized spacial score (nSPS) is 14.7. The van der Waals surface area contributed by atoms with Gasteiger partial charge in [-0.3, -0.25) is 37.3 Å². The Hall–Kier alpha value is -2.46. The van der Waals surface area contributed by atoms with E-state index in [1.807, 2.05) is 0 Å². The van der Waals surface area contributed by atoms with E-state index in [4.69, 9.17) is 37.0 Å². The van der Waals surface area contributed by atoms with Crippen LogP contribution in [0.25, 0.3) is 0 Å². The van der Waals surface area contributed by atoms with Gasteiger partial charge in [-0.2, -0.15) is 0 Å². The number of carbonyl (C=O) groups is 4. The first-order valence-electron chi connectivity index (χ1n) is 34.8. The summed E-state index contributed by atoms with van der Waals surface area (Å²) in [5, 5.41) is 10.6. The summed E-state index contributed by atoms with van der Waals surface area (Å²) in [5.74, 6) is -0.688. The maximum atomic E-state index is 13.0. The summed E-state index contributed by atoms with van der Waals surface area (Å²) < 4.78 is 68.1. The number of hydrogen-bond donors (Lipinski definition) is 3. The van der Waals surface area contributed by atoms with E-state index in [1.54, 1.807) is 0 Å². The predicted octanol–water partition coefficient (Wildman–Crippen LogP) is 18.8. The number of hydrogen-bond acceptors (Lipinski definition) is 15. The van der Waals surface area contributed by atoms with Crippen molar-refractivity contribution in [1.82, 2.24) is 0 Å². The third-order valence-corrected chi connectivity index (χ3v) is 17.3. The predicted molar refractivity (Wildman–Crippen MR) is 349 cm³/mol. The van der Waals surface area contributed by atoms with Crippen LogP contribution in [0.4, 0.5) is 0 Å². The molecule has 0 heterocycles. The number of phosphoric acid groups is 2. The lowest BCUT2D eigenvalue weighted by atomic mass is 10.00. The minimum absolute atomic E-state index is 0.0844. The van der Waals surface area contributed by atoms with Crippen LogP contribution >= 0.6 is 15.6 Å². The Kier molecular flexibility index (Phi) is 58.1. The highest BCUT2D eigenvalue weighted by Crippen LogP contribution is 2.45. The van der Waals surface area contributed by atoms with Crippen molar-refractivity contribution in [1.29, 1.82) is 0 Å². The Morgan fingerprint density at radius 2 is 0.678 bits per heavy atom. The zero-order valence-electron chi connectivity index (χ0n) is 55.8. The molecular formula is C68H128O17P2. The Morgan fingerprint density at radius 3 is 1.03 bits per heavy atom. The molecule has 0 rings (SSSR count). The van der Waals surface area contributed by atoms with E-state index in [9.17, 15) is 43.2 Å². The molecule has 0 aliphatic heterocycles. The number of unbranched alkanes of at least 4 members (excludes halogenated alkanes) is 31. The number of rotatable bonds is 65. The molecule has 0 saturated carbocycles. The molecule has 19 heteroatoms. The molecule has 87 heavy (non-hydrogen) atoms. The molecule has 0 aromatic heterocycles. The summed E-state index contributed by atoms with van der Waals surface area (Å²) in [5.41, 5.74) is 0. The van der Waals surface area contributed by atoms with E-state index in [1.165, 1.54) is 122 Å². The molecule has 0 saturated heterocycles. The van der Waals surface area contributed by atoms with Crippen molar-refractivity contribution in [3.8, 4) is 0 Å². The van der Waals surface area contributed by atoms with Crippen LogP contribution in [0, 0.1) is 11.8 Å². The van der Waals surface area contributed by atoms with Crippen LogP contribution < -0.4 is 0 Å². The van der Waals surface area contributed by atoms with Crippen molar-refractivity contribution < 1.29 is 80.2 Å². The zero-order valence-corrected chi connectivity index (χ0v) is 57.6. The third kappa shape index (κ3) is 60.9. The smallest absolute Gasteiger partial charge is 0.462 e. The topological polar surface area (TPSA) is 237 Å². The van der Waals surface area contributed by atoms with Gasteiger partial charge in [0, 0.05) is 25.7 Å². The highest BCUT2D eigenvalue weighted by atomic mass is 31.2. The van der Waals surface area contributed by atoms with Crippen molar-refractivity contribution in [3.63, 3.8) is 0 Å². The van der Waals surface area contributed by atoms with Crippen molar-refractivity contribution in [2.24, 2.45) is 11.8 Å². The monoisotopic (exact) mass is 1280 g/mol. The van der Waals surface area contributed by atoms with Gasteiger partial charge in [0.05, 0.1) is 26.4 Å². The lowest BCUT2D eigenvalue weighted by Gasteiger charge is -2.21. The summed E-state index contributed by atoms with van der Waals surface area (Å²) in [4.78, 5) is 72.3. The van der Waals surface area contributed by atoms with Crippen LogP contribution in [0.15, 0.2) is 24.3 Å². The molecule has 0 radical (unpaired) electrons. The number of carbonyl (C=O) groups excluding carboxylic acids is 4. The highest BCUT2D eigenvalue weighted by molar-refractivity contribution is 7.47. The third-order valence-electron chi connectivity index (χ3n) is 15.4. The lowest BCUT2D eigenvalue weighted by Crippen LogP contribution is -2.30. The van der Waals surface area contributed by atoms with Crippen molar-refractivity contribution in [3.05, 3.63) is 24.3 Å². The van der Waals surface area contributed by atoms with Crippen LogP contribution in [0.5, 0.6) is 0 Å². The standard InChI is InChI=1S/C68H128O17P2/c1-7-10-12-14-16-18-19-20-21-22-23-29-33-40-46-52-67(72)84-63(56-79-66(71)51-45-39-32-28-25-24-27-30-36-42-48-60(4)5)58-82-86(74,75)80-54-62(69)55-81-87(76,77)83-59-64(57-78-65(70)50-44-38-31-26-17-15-13-11-8-2)85-68(73)53-47-41-35-34-37-43-49-61(6)9-3/h18-21,60-64,69H,7-17,22-59H2,1-6H3,(H,74,75)(H,76,77)/b19-18-,21-20-/t61?,62-,63-,64-/m1/s1. The van der Waals surface area contributed by atoms with Gasteiger partial charge in [-0.15, -0.1) is 0 Å². The molecule has 0 fully saturated rings. The maximum absolute atomic E-state index is 13.0. The van der Waals surface area contributed by atoms with Gasteiger partial charge in [-0.05, 0) is 63.2 Å². The molecule has 17 nitrogen and oxygen atoms in total. The molecule has 0 aliphatic rings. The molecule has 512 valence electrons. The van der Waals surface area contributed by atoms with Crippen molar-refractivity contribution in [2.45, 2.75) is 336 Å². The fraction of sp³-hybridized carbons (Fsp3) is 0.882. The Labute approximate surface area is 529 Å². The van der Waals surface area contributed by atoms with E-state index in [0.29, 0.717) is 25.7 Å². The van der Waals surface area contributed by atoms with Gasteiger partial charge in [0.2, 0.25) is 0 Å². The summed E-state index contributed by atoms with van der Waals surface area (Å²) in [6, 6.07) is 0. The summed E-state index contributed by atoms with van der Waals surface area (Å²) in [7, 11) is -9.91. The van der Waals surface area contributed by atoms with Gasteiger partial charge < -0.3 is 33.8 Å². The summed E-state index contributed by atoms with van der Waals surface area (Å²) >= 11 is 0. The highest BCUT2D eigenvalue weighted by Gasteiger charge is 2.30. The van der Waals surface area contributed by atoms with Crippen molar-refractivity contribution >= 4 is 39.5 Å². The quantitative estimate of drug-likeness (QED) is 0.0169. The Morgan fingerprint density at radius 1 is 0.379 bits per heavy atom. The maximum Gasteiger partial charge on any atom is 0.472 e. The molecule has 0 aliphatic carbocycles. The van der Waals surface area contributed by atoms with Crippen LogP contribution in [0.2, 0.25) is 0 Å². The van der Waals surface area contributed by atoms with Crippen LogP contribution in [-0.4, -0.2) is 96.7 Å². The van der Waals surface area contributed by atoms with E-state index in [-0.39, 0.29) is 25.7 Å². The number of esters is 4. The van der Waals surface area contributed by atoms with Gasteiger partial charge in [-0.1, -0.05) is 265 Å². The van der Waals surface area contributed by atoms with Crippen molar-refractivity contribution in [2.75, 3.05) is 39.6 Å². The van der Waals surface area contributed by atoms with Gasteiger partial charge in [0.25, 0.3) is 0 Å². The lowest BCUT2D eigenvalue weighted by molar-refractivity contribution is -0.161. The average Bonchev–Trinajstić information content (AvgIpc) is 3.70. The molecule has 0 spiro atoms. The zero-order chi connectivity index (χ0) is 64.3. The van der Waals surface area contributed by atoms with Crippen LogP contribution in [-0.2, 0) is 65.4 Å². The molecule has 0 aromatic carbocycles. The molecule has 3 unspecified atom stereocenters. The molecule has 0 aromatic rings. The molecule has 6 atom stereocenters. The molecule has 3 N–H and O–H groups in total. The Balaban J connectivity index is 5.28. The van der Waals surface area contributed by atoms with Gasteiger partial charge >= 0.3 is 39.5 Å². The molecule has 0 amide bonds. The fourth-order valence-corrected chi connectivity index (χ4v) is 11.2. The first-order valence-corrected chi connectivity index (χ1v) is 37.8. The minimum atomic E-state index is -4.96. The molecular weight excluding hydrogens is 1150 g/mol. The largest absolute Gasteiger partial charge is 0.472 e. The molecule has 0 bridgehead atoms. The number of aliphatic hydroxyl groups is 1. The first kappa shape index (κ1) is 84.5. The van der Waals surface area contributed by atoms with E-state index < -0.39 is 97.5 Å². The van der Waals surface area contributed by atoms with E-state index in [2.05, 4.69) is 65.8 Å². The summed E-state index contributed by atoms with van der Waals surface area (Å²) in [6.45, 7) is 9.39. The number of aliphatic hydroxyl groups excluding tert-OH is 1. The first-order chi connectivity index (χ1) is 41.9. The van der Waals surface area contributed by atoms with Gasteiger partial charge in [0.1, 0.15) is 19.3 Å². The van der Waals surface area contributed by atoms with E-state index >= 15 is 0 Å². The SMILES string of the molecule is CCCCCC/C=C\C=C/CCCCCCCC(=O)O[C@H](COC(=O)CCCCCCCCCCCCC(C)C)COP(=O)(O)OC[C@@H](O)COP(=O)(O)OC[C@@H](COC(=O)CCCCCCCCCCC)OC(=O)CCCCCCCCC(C)CC. The van der Waals surface area contributed by atoms with Gasteiger partial charge in [-0.25, -0.2) is 9.13 Å². The second-order valence-corrected chi connectivity index (χ2v) is 27.5.